The molecule has 0 radical (unpaired) electrons. The van der Waals surface area contributed by atoms with Crippen LogP contribution < -0.4 is 4.80 Å². The van der Waals surface area contributed by atoms with Gasteiger partial charge in [0.2, 0.25) is 0 Å². The van der Waals surface area contributed by atoms with Crippen molar-refractivity contribution in [3.8, 4) is 0 Å². The number of amides is 1. The van der Waals surface area contributed by atoms with Gasteiger partial charge in [0.05, 0.1) is 22.3 Å². The van der Waals surface area contributed by atoms with E-state index in [9.17, 15) is 4.79 Å². The zero-order valence-electron chi connectivity index (χ0n) is 17.0. The minimum Gasteiger partial charge on any atom is -0.383 e. The lowest BCUT2D eigenvalue weighted by molar-refractivity contribution is 0.0997. The Kier molecular flexibility index (Phi) is 5.30. The number of carbonyl (C=O) groups is 1. The number of hydrogen-bond donors (Lipinski definition) is 0. The van der Waals surface area contributed by atoms with Crippen molar-refractivity contribution in [2.45, 2.75) is 27.3 Å². The molecule has 2 heterocycles. The molecule has 4 rings (SSSR count). The number of ether oxygens (including phenoxy) is 1. The molecule has 148 valence electrons. The summed E-state index contributed by atoms with van der Waals surface area (Å²) in [6.07, 6.45) is 0. The van der Waals surface area contributed by atoms with E-state index in [1.807, 2.05) is 31.2 Å². The first-order valence-corrected chi connectivity index (χ1v) is 10.3. The monoisotopic (exact) mass is 405 g/mol. The molecule has 0 aliphatic heterocycles. The maximum absolute atomic E-state index is 13.0. The summed E-state index contributed by atoms with van der Waals surface area (Å²) in [5.41, 5.74) is 5.87. The lowest BCUT2D eigenvalue weighted by Crippen LogP contribution is -2.19. The molecular weight excluding hydrogens is 382 g/mol. The number of fused-ring (bicyclic) bond motifs is 2. The summed E-state index contributed by atoms with van der Waals surface area (Å²) in [4.78, 5) is 22.6. The minimum atomic E-state index is -0.250. The van der Waals surface area contributed by atoms with Crippen LogP contribution in [0.2, 0.25) is 0 Å². The maximum Gasteiger partial charge on any atom is 0.279 e. The van der Waals surface area contributed by atoms with Crippen molar-refractivity contribution in [1.29, 1.82) is 0 Å². The van der Waals surface area contributed by atoms with Gasteiger partial charge < -0.3 is 9.30 Å². The van der Waals surface area contributed by atoms with Gasteiger partial charge in [-0.25, -0.2) is 0 Å². The second-order valence-electron chi connectivity index (χ2n) is 7.24. The molecule has 2 aromatic heterocycles. The van der Waals surface area contributed by atoms with Crippen molar-refractivity contribution in [3.63, 3.8) is 0 Å². The van der Waals surface area contributed by atoms with E-state index in [1.165, 1.54) is 11.1 Å². The fraction of sp³-hybridized carbons (Fsp3) is 0.261. The molecule has 0 spiro atoms. The van der Waals surface area contributed by atoms with Gasteiger partial charge in [-0.3, -0.25) is 9.78 Å². The molecular formula is C23H23N3O2S. The molecule has 0 bridgehead atoms. The number of aryl methyl sites for hydroxylation is 3. The molecule has 0 saturated carbocycles. The van der Waals surface area contributed by atoms with E-state index in [2.05, 4.69) is 40.5 Å². The van der Waals surface area contributed by atoms with Gasteiger partial charge in [0.25, 0.3) is 5.91 Å². The SMILES string of the molecule is COCCn1c(=NC(=O)c2ccc3nc(C)ccc3c2)sc2c(C)cc(C)cc21. The second kappa shape index (κ2) is 7.89. The molecule has 1 amide bonds. The Bertz CT molecular complexity index is 1300. The summed E-state index contributed by atoms with van der Waals surface area (Å²) in [6, 6.07) is 13.8. The molecule has 0 atom stereocenters. The lowest BCUT2D eigenvalue weighted by Gasteiger charge is -2.06. The number of aromatic nitrogens is 2. The predicted molar refractivity (Wildman–Crippen MR) is 118 cm³/mol. The van der Waals surface area contributed by atoms with Gasteiger partial charge in [0, 0.05) is 30.3 Å². The number of hydrogen-bond acceptors (Lipinski definition) is 4. The Balaban J connectivity index is 1.83. The number of rotatable bonds is 4. The van der Waals surface area contributed by atoms with Crippen LogP contribution in [0.5, 0.6) is 0 Å². The largest absolute Gasteiger partial charge is 0.383 e. The van der Waals surface area contributed by atoms with Crippen LogP contribution in [-0.2, 0) is 11.3 Å². The van der Waals surface area contributed by atoms with Gasteiger partial charge in [-0.05, 0) is 62.2 Å². The Hall–Kier alpha value is -2.83. The average Bonchev–Trinajstić information content (AvgIpc) is 3.03. The summed E-state index contributed by atoms with van der Waals surface area (Å²) in [5, 5.41) is 0.937. The first-order chi connectivity index (χ1) is 14.0. The van der Waals surface area contributed by atoms with Crippen LogP contribution in [-0.4, -0.2) is 29.2 Å². The highest BCUT2D eigenvalue weighted by Gasteiger charge is 2.12. The minimum absolute atomic E-state index is 0.250. The summed E-state index contributed by atoms with van der Waals surface area (Å²) in [5.74, 6) is -0.250. The van der Waals surface area contributed by atoms with E-state index in [-0.39, 0.29) is 5.91 Å². The van der Waals surface area contributed by atoms with Crippen molar-refractivity contribution in [2.75, 3.05) is 13.7 Å². The fourth-order valence-electron chi connectivity index (χ4n) is 3.51. The molecule has 0 saturated heterocycles. The fourth-order valence-corrected chi connectivity index (χ4v) is 4.61. The molecule has 0 fully saturated rings. The van der Waals surface area contributed by atoms with E-state index in [1.54, 1.807) is 24.5 Å². The van der Waals surface area contributed by atoms with E-state index in [0.717, 1.165) is 26.8 Å². The number of carbonyl (C=O) groups excluding carboxylic acids is 1. The van der Waals surface area contributed by atoms with Crippen molar-refractivity contribution in [1.82, 2.24) is 9.55 Å². The third-order valence-corrected chi connectivity index (χ3v) is 6.14. The number of benzene rings is 2. The van der Waals surface area contributed by atoms with Gasteiger partial charge >= 0.3 is 0 Å². The summed E-state index contributed by atoms with van der Waals surface area (Å²) in [6.45, 7) is 7.33. The molecule has 0 unspecified atom stereocenters. The van der Waals surface area contributed by atoms with Crippen LogP contribution in [0.25, 0.3) is 21.1 Å². The predicted octanol–water partition coefficient (Wildman–Crippen LogP) is 4.56. The van der Waals surface area contributed by atoms with Gasteiger partial charge in [-0.1, -0.05) is 23.5 Å². The number of thiazole rings is 1. The summed E-state index contributed by atoms with van der Waals surface area (Å²) < 4.78 is 8.50. The molecule has 2 aromatic carbocycles. The topological polar surface area (TPSA) is 56.5 Å². The zero-order valence-corrected chi connectivity index (χ0v) is 17.8. The van der Waals surface area contributed by atoms with Gasteiger partial charge in [-0.2, -0.15) is 4.99 Å². The normalized spacial score (nSPS) is 12.2. The number of nitrogens with zero attached hydrogens (tertiary/aromatic N) is 3. The van der Waals surface area contributed by atoms with E-state index in [0.29, 0.717) is 23.5 Å². The number of pyridine rings is 1. The highest BCUT2D eigenvalue weighted by atomic mass is 32.1. The van der Waals surface area contributed by atoms with Gasteiger partial charge in [0.15, 0.2) is 4.80 Å². The smallest absolute Gasteiger partial charge is 0.279 e. The van der Waals surface area contributed by atoms with Gasteiger partial charge in [0.1, 0.15) is 0 Å². The Labute approximate surface area is 173 Å². The molecule has 0 N–H and O–H groups in total. The molecule has 4 aromatic rings. The van der Waals surface area contributed by atoms with Crippen molar-refractivity contribution in [3.05, 3.63) is 69.7 Å². The lowest BCUT2D eigenvalue weighted by atomic mass is 10.1. The first kappa shape index (κ1) is 19.5. The van der Waals surface area contributed by atoms with Crippen molar-refractivity contribution < 1.29 is 9.53 Å². The van der Waals surface area contributed by atoms with Crippen LogP contribution in [0.3, 0.4) is 0 Å². The maximum atomic E-state index is 13.0. The van der Waals surface area contributed by atoms with Crippen LogP contribution in [0, 0.1) is 20.8 Å². The first-order valence-electron chi connectivity index (χ1n) is 9.52. The van der Waals surface area contributed by atoms with E-state index in [4.69, 9.17) is 4.74 Å². The second-order valence-corrected chi connectivity index (χ2v) is 8.21. The molecule has 29 heavy (non-hydrogen) atoms. The molecule has 0 aliphatic carbocycles. The third-order valence-electron chi connectivity index (χ3n) is 4.91. The summed E-state index contributed by atoms with van der Waals surface area (Å²) >= 11 is 1.55. The number of methoxy groups -OCH3 is 1. The van der Waals surface area contributed by atoms with Crippen LogP contribution in [0.1, 0.15) is 27.2 Å². The van der Waals surface area contributed by atoms with Crippen LogP contribution in [0.15, 0.2) is 47.5 Å². The standard InChI is InChI=1S/C23H23N3O2S/c1-14-11-15(2)21-20(12-14)26(9-10-28-4)23(29-21)25-22(27)18-7-8-19-17(13-18)6-5-16(3)24-19/h5-8,11-13H,9-10H2,1-4H3. The Morgan fingerprint density at radius 3 is 2.76 bits per heavy atom. The molecule has 5 nitrogen and oxygen atoms in total. The third kappa shape index (κ3) is 3.86. The van der Waals surface area contributed by atoms with E-state index >= 15 is 0 Å². The van der Waals surface area contributed by atoms with Crippen LogP contribution >= 0.6 is 11.3 Å². The summed E-state index contributed by atoms with van der Waals surface area (Å²) in [7, 11) is 1.68. The highest BCUT2D eigenvalue weighted by molar-refractivity contribution is 7.16. The highest BCUT2D eigenvalue weighted by Crippen LogP contribution is 2.23. The van der Waals surface area contributed by atoms with Crippen molar-refractivity contribution in [2.24, 2.45) is 4.99 Å². The Morgan fingerprint density at radius 2 is 1.97 bits per heavy atom. The van der Waals surface area contributed by atoms with Gasteiger partial charge in [-0.15, -0.1) is 0 Å². The molecule has 6 heteroatoms. The Morgan fingerprint density at radius 1 is 1.14 bits per heavy atom. The van der Waals surface area contributed by atoms with Crippen molar-refractivity contribution >= 4 is 38.4 Å². The van der Waals surface area contributed by atoms with E-state index < -0.39 is 0 Å². The average molecular weight is 406 g/mol. The van der Waals surface area contributed by atoms with Crippen LogP contribution in [0.4, 0.5) is 0 Å². The molecule has 0 aliphatic rings. The quantitative estimate of drug-likeness (QED) is 0.500. The zero-order chi connectivity index (χ0) is 20.5.